The lowest BCUT2D eigenvalue weighted by molar-refractivity contribution is -0.128. The minimum Gasteiger partial charge on any atom is -0.480 e. The van der Waals surface area contributed by atoms with E-state index in [1.807, 2.05) is 19.9 Å². The molecule has 1 fully saturated rings. The average Bonchev–Trinajstić information content (AvgIpc) is 3.67. The van der Waals surface area contributed by atoms with Gasteiger partial charge in [-0.1, -0.05) is 116 Å². The van der Waals surface area contributed by atoms with Crippen molar-refractivity contribution < 1.29 is 19.1 Å². The second-order valence-electron chi connectivity index (χ2n) is 19.5. The Bertz CT molecular complexity index is 1800. The van der Waals surface area contributed by atoms with Crippen molar-refractivity contribution in [2.45, 2.75) is 165 Å². The molecule has 0 bridgehead atoms. The van der Waals surface area contributed by atoms with Crippen LogP contribution in [0.15, 0.2) is 24.4 Å². The van der Waals surface area contributed by atoms with Gasteiger partial charge in [-0.15, -0.1) is 0 Å². The number of carbonyl (C=O) groups excluding carboxylic acids is 2. The summed E-state index contributed by atoms with van der Waals surface area (Å²) in [6, 6.07) is 6.43. The average molecular weight is 744 g/mol. The highest BCUT2D eigenvalue weighted by molar-refractivity contribution is 6.02. The lowest BCUT2D eigenvalue weighted by Gasteiger charge is -2.50. The fourth-order valence-electron chi connectivity index (χ4n) is 7.91. The smallest absolute Gasteiger partial charge is 0.331 e. The van der Waals surface area contributed by atoms with Gasteiger partial charge in [-0.3, -0.25) is 14.4 Å². The molecule has 0 saturated heterocycles. The minimum atomic E-state index is -0.667. The summed E-state index contributed by atoms with van der Waals surface area (Å²) in [6.07, 6.45) is 5.08. The zero-order valence-electron chi connectivity index (χ0n) is 36.0. The number of hydrogen-bond donors (Lipinski definition) is 2. The van der Waals surface area contributed by atoms with Crippen molar-refractivity contribution in [3.63, 3.8) is 0 Å². The Morgan fingerprint density at radius 3 is 2.09 bits per heavy atom. The molecule has 9 heteroatoms. The molecular weight excluding hydrogens is 675 g/mol. The number of hydrogen-bond acceptors (Lipinski definition) is 5. The first-order valence-electron chi connectivity index (χ1n) is 20.3. The summed E-state index contributed by atoms with van der Waals surface area (Å²) in [5.41, 5.74) is 2.91. The molecule has 2 N–H and O–H groups in total. The number of esters is 1. The minimum absolute atomic E-state index is 0.0319. The van der Waals surface area contributed by atoms with Crippen LogP contribution in [0.25, 0.3) is 10.5 Å². The van der Waals surface area contributed by atoms with Gasteiger partial charge in [-0.2, -0.15) is 0 Å². The quantitative estimate of drug-likeness (QED) is 0.134. The van der Waals surface area contributed by atoms with E-state index >= 15 is 0 Å². The summed E-state index contributed by atoms with van der Waals surface area (Å²) in [4.78, 5) is 36.2. The number of aromatic amines is 1. The standard InChI is InChI=1S/C45H69N5O4/c1-17-34(53-35-21-20-29(44(12,13)18-2)24-30(35)45(14,15)19-3)40(51)47-25-28(5)38-48-39-36(33(46-16)26-50(39)49-38)41(52)54-37-31(42(6,7)8)22-27(4)23-32(37)43(9,10)11/h20-21,24,26-28,31-32,34,37H,17-19,22-23,25H2,1-15H3,(H,47,51)(H,48,49). The molecule has 4 atom stereocenters. The zero-order valence-corrected chi connectivity index (χ0v) is 36.0. The van der Waals surface area contributed by atoms with Gasteiger partial charge in [0.15, 0.2) is 11.8 Å². The zero-order chi connectivity index (χ0) is 40.6. The van der Waals surface area contributed by atoms with Crippen molar-refractivity contribution in [3.05, 3.63) is 58.3 Å². The molecular formula is C45H69N5O4. The van der Waals surface area contributed by atoms with Crippen LogP contribution in [-0.2, 0) is 20.4 Å². The Labute approximate surface area is 325 Å². The number of ether oxygens (including phenoxy) is 2. The fraction of sp³-hybridized carbons (Fsp3) is 0.689. The van der Waals surface area contributed by atoms with Gasteiger partial charge in [0.05, 0.1) is 6.57 Å². The van der Waals surface area contributed by atoms with E-state index in [0.29, 0.717) is 30.4 Å². The molecule has 1 aromatic carbocycles. The number of fused-ring (bicyclic) bond motifs is 1. The van der Waals surface area contributed by atoms with Gasteiger partial charge >= 0.3 is 5.97 Å². The van der Waals surface area contributed by atoms with Crippen LogP contribution in [0, 0.1) is 35.2 Å². The highest BCUT2D eigenvalue weighted by Gasteiger charge is 2.48. The van der Waals surface area contributed by atoms with E-state index in [4.69, 9.17) is 21.0 Å². The molecule has 2 heterocycles. The Morgan fingerprint density at radius 2 is 1.57 bits per heavy atom. The van der Waals surface area contributed by atoms with Gasteiger partial charge in [0.1, 0.15) is 23.2 Å². The van der Waals surface area contributed by atoms with E-state index in [9.17, 15) is 9.59 Å². The number of H-pyrrole nitrogens is 1. The first kappa shape index (κ1) is 42.9. The SMILES string of the molecule is [C-]#[N+]c1cn2[nH]c(C(C)CNC(=O)C(CC)Oc3ccc(C(C)(C)CC)cc3C(C)(C)CC)nc2c1C(=O)OC1C(C(C)(C)C)CC(C)CC1C(C)(C)C. The van der Waals surface area contributed by atoms with Gasteiger partial charge in [-0.25, -0.2) is 14.6 Å². The summed E-state index contributed by atoms with van der Waals surface area (Å²) in [6.45, 7) is 41.1. The summed E-state index contributed by atoms with van der Waals surface area (Å²) in [7, 11) is 0. The maximum atomic E-state index is 14.1. The third kappa shape index (κ3) is 9.17. The number of nitrogens with zero attached hydrogens (tertiary/aromatic N) is 3. The first-order valence-corrected chi connectivity index (χ1v) is 20.3. The van der Waals surface area contributed by atoms with Crippen molar-refractivity contribution in [1.82, 2.24) is 19.9 Å². The van der Waals surface area contributed by atoms with Crippen LogP contribution in [0.5, 0.6) is 5.75 Å². The van der Waals surface area contributed by atoms with Crippen LogP contribution < -0.4 is 10.1 Å². The van der Waals surface area contributed by atoms with Crippen LogP contribution in [0.4, 0.5) is 5.69 Å². The Hall–Kier alpha value is -3.80. The second kappa shape index (κ2) is 16.1. The maximum Gasteiger partial charge on any atom is 0.331 e. The molecule has 4 unspecified atom stereocenters. The Morgan fingerprint density at radius 1 is 0.981 bits per heavy atom. The fourth-order valence-corrected chi connectivity index (χ4v) is 7.91. The maximum absolute atomic E-state index is 14.1. The first-order chi connectivity index (χ1) is 25.0. The molecule has 3 aromatic rings. The number of amides is 1. The molecule has 9 nitrogen and oxygen atoms in total. The number of benzene rings is 1. The van der Waals surface area contributed by atoms with Crippen LogP contribution in [0.1, 0.15) is 169 Å². The van der Waals surface area contributed by atoms with Crippen LogP contribution in [0.3, 0.4) is 0 Å². The van der Waals surface area contributed by atoms with Crippen LogP contribution >= 0.6 is 0 Å². The molecule has 0 aliphatic heterocycles. The summed E-state index contributed by atoms with van der Waals surface area (Å²) < 4.78 is 14.6. The summed E-state index contributed by atoms with van der Waals surface area (Å²) in [5.74, 6) is 1.30. The highest BCUT2D eigenvalue weighted by Crippen LogP contribution is 2.50. The molecule has 1 amide bonds. The normalized spacial score (nSPS) is 21.0. The van der Waals surface area contributed by atoms with E-state index in [0.717, 1.165) is 37.0 Å². The van der Waals surface area contributed by atoms with Gasteiger partial charge in [0.2, 0.25) is 5.69 Å². The molecule has 0 radical (unpaired) electrons. The van der Waals surface area contributed by atoms with Gasteiger partial charge < -0.3 is 14.8 Å². The summed E-state index contributed by atoms with van der Waals surface area (Å²) >= 11 is 0. The van der Waals surface area contributed by atoms with E-state index in [-0.39, 0.29) is 62.7 Å². The topological polar surface area (TPSA) is 102 Å². The Balaban J connectivity index is 1.54. The van der Waals surface area contributed by atoms with Gasteiger partial charge in [0.25, 0.3) is 5.91 Å². The summed E-state index contributed by atoms with van der Waals surface area (Å²) in [5, 5.41) is 6.34. The third-order valence-electron chi connectivity index (χ3n) is 12.6. The van der Waals surface area contributed by atoms with E-state index in [1.54, 1.807) is 10.7 Å². The largest absolute Gasteiger partial charge is 0.480 e. The van der Waals surface area contributed by atoms with E-state index in [2.05, 4.69) is 117 Å². The Kier molecular flexibility index (Phi) is 12.8. The van der Waals surface area contributed by atoms with E-state index in [1.165, 1.54) is 5.56 Å². The van der Waals surface area contributed by atoms with Crippen molar-refractivity contribution in [1.29, 1.82) is 0 Å². The molecule has 2 aromatic heterocycles. The van der Waals surface area contributed by atoms with Gasteiger partial charge in [-0.05, 0) is 71.3 Å². The second-order valence-corrected chi connectivity index (χ2v) is 19.5. The van der Waals surface area contributed by atoms with Crippen molar-refractivity contribution >= 4 is 23.2 Å². The highest BCUT2D eigenvalue weighted by atomic mass is 16.5. The van der Waals surface area contributed by atoms with Gasteiger partial charge in [0, 0.05) is 36.1 Å². The van der Waals surface area contributed by atoms with Crippen LogP contribution in [0.2, 0.25) is 0 Å². The molecule has 1 aliphatic rings. The molecule has 1 aliphatic carbocycles. The molecule has 298 valence electrons. The molecule has 1 saturated carbocycles. The lowest BCUT2D eigenvalue weighted by Crippen LogP contribution is -2.49. The van der Waals surface area contributed by atoms with Crippen molar-refractivity contribution in [2.24, 2.45) is 28.6 Å². The van der Waals surface area contributed by atoms with Crippen molar-refractivity contribution in [2.75, 3.05) is 6.54 Å². The molecule has 54 heavy (non-hydrogen) atoms. The lowest BCUT2D eigenvalue weighted by atomic mass is 9.59. The number of carbonyl (C=O) groups is 2. The molecule has 0 spiro atoms. The van der Waals surface area contributed by atoms with Crippen molar-refractivity contribution in [3.8, 4) is 5.75 Å². The predicted octanol–water partition coefficient (Wildman–Crippen LogP) is 10.9. The molecule has 4 rings (SSSR count). The predicted molar refractivity (Wildman–Crippen MR) is 219 cm³/mol. The number of rotatable bonds is 13. The number of nitrogens with one attached hydrogen (secondary N) is 2. The van der Waals surface area contributed by atoms with E-state index < -0.39 is 12.1 Å². The third-order valence-corrected chi connectivity index (χ3v) is 12.6. The number of aromatic nitrogens is 3. The van der Waals surface area contributed by atoms with Crippen LogP contribution in [-0.4, -0.2) is 45.2 Å². The monoisotopic (exact) mass is 744 g/mol.